The molecule has 1 heterocycles. The molecule has 0 spiro atoms. The van der Waals surface area contributed by atoms with Crippen LogP contribution in [-0.2, 0) is 15.8 Å². The van der Waals surface area contributed by atoms with Gasteiger partial charge in [0.1, 0.15) is 0 Å². The maximum atomic E-state index is 12.8. The summed E-state index contributed by atoms with van der Waals surface area (Å²) in [4.78, 5) is 15.5. The van der Waals surface area contributed by atoms with E-state index in [1.54, 1.807) is 50.1 Å². The summed E-state index contributed by atoms with van der Waals surface area (Å²) in [5, 5.41) is 11.1. The number of sulfonamides is 1. The molecule has 9 heteroatoms. The van der Waals surface area contributed by atoms with Crippen LogP contribution in [-0.4, -0.2) is 18.3 Å². The van der Waals surface area contributed by atoms with Crippen molar-refractivity contribution >= 4 is 33.2 Å². The van der Waals surface area contributed by atoms with Crippen LogP contribution in [0.2, 0.25) is 0 Å². The molecule has 0 saturated carbocycles. The molecule has 3 rings (SSSR count). The van der Waals surface area contributed by atoms with Crippen LogP contribution in [0.25, 0.3) is 0 Å². The van der Waals surface area contributed by atoms with E-state index in [-0.39, 0.29) is 10.6 Å². The zero-order chi connectivity index (χ0) is 21.0. The summed E-state index contributed by atoms with van der Waals surface area (Å²) < 4.78 is 28.1. The van der Waals surface area contributed by atoms with E-state index in [1.807, 2.05) is 24.3 Å². The number of non-ortho nitro benzene ring substituents is 1. The summed E-state index contributed by atoms with van der Waals surface area (Å²) in [5.41, 5.74) is 2.25. The molecule has 3 aromatic rings. The molecule has 150 valence electrons. The van der Waals surface area contributed by atoms with Crippen LogP contribution in [0.5, 0.6) is 0 Å². The Balaban J connectivity index is 1.76. The Labute approximate surface area is 173 Å². The quantitative estimate of drug-likeness (QED) is 0.332. The lowest BCUT2D eigenvalue weighted by Crippen LogP contribution is -2.15. The van der Waals surface area contributed by atoms with Gasteiger partial charge in [-0.3, -0.25) is 19.8 Å². The fourth-order valence-corrected chi connectivity index (χ4v) is 4.90. The molecular weight excluding hydrogens is 410 g/mol. The molecule has 0 bridgehead atoms. The maximum Gasteiger partial charge on any atom is 0.271 e. The number of nitrogens with one attached hydrogen (secondary N) is 1. The number of nitro groups is 1. The first kappa shape index (κ1) is 20.8. The van der Waals surface area contributed by atoms with Crippen molar-refractivity contribution in [2.75, 3.05) is 4.72 Å². The van der Waals surface area contributed by atoms with Gasteiger partial charge in [0.2, 0.25) is 0 Å². The third-order valence-corrected chi connectivity index (χ3v) is 6.93. The number of nitrogens with zero attached hydrogens (tertiary/aromatic N) is 2. The van der Waals surface area contributed by atoms with Crippen molar-refractivity contribution in [2.45, 2.75) is 29.4 Å². The number of nitro benzene ring substituents is 1. The molecule has 0 aliphatic heterocycles. The number of aryl methyl sites for hydroxylation is 1. The molecule has 0 atom stereocenters. The van der Waals surface area contributed by atoms with Gasteiger partial charge in [-0.2, -0.15) is 0 Å². The van der Waals surface area contributed by atoms with Gasteiger partial charge in [-0.25, -0.2) is 8.42 Å². The lowest BCUT2D eigenvalue weighted by Gasteiger charge is -2.12. The van der Waals surface area contributed by atoms with E-state index in [9.17, 15) is 18.5 Å². The molecule has 0 unspecified atom stereocenters. The molecule has 0 saturated heterocycles. The Morgan fingerprint density at radius 3 is 2.48 bits per heavy atom. The predicted molar refractivity (Wildman–Crippen MR) is 114 cm³/mol. The number of anilines is 1. The number of benzene rings is 2. The molecule has 1 aromatic heterocycles. The van der Waals surface area contributed by atoms with E-state index in [0.29, 0.717) is 16.8 Å². The number of pyridine rings is 1. The first-order chi connectivity index (χ1) is 13.8. The monoisotopic (exact) mass is 429 g/mol. The molecular formula is C20H19N3O4S2. The van der Waals surface area contributed by atoms with Crippen molar-refractivity contribution in [3.8, 4) is 0 Å². The Morgan fingerprint density at radius 2 is 1.86 bits per heavy atom. The van der Waals surface area contributed by atoms with Crippen LogP contribution in [0, 0.1) is 24.0 Å². The van der Waals surface area contributed by atoms with Gasteiger partial charge in [0.25, 0.3) is 15.7 Å². The van der Waals surface area contributed by atoms with Gasteiger partial charge in [0.15, 0.2) is 0 Å². The summed E-state index contributed by atoms with van der Waals surface area (Å²) >= 11 is 1.61. The second-order valence-corrected chi connectivity index (χ2v) is 9.12. The highest BCUT2D eigenvalue weighted by Crippen LogP contribution is 2.28. The van der Waals surface area contributed by atoms with Gasteiger partial charge in [-0.1, -0.05) is 6.07 Å². The summed E-state index contributed by atoms with van der Waals surface area (Å²) in [6.45, 7) is 3.28. The first-order valence-corrected chi connectivity index (χ1v) is 11.1. The number of aromatic nitrogens is 1. The average molecular weight is 430 g/mol. The summed E-state index contributed by atoms with van der Waals surface area (Å²) in [5.74, 6) is 0.755. The zero-order valence-electron chi connectivity index (χ0n) is 15.8. The summed E-state index contributed by atoms with van der Waals surface area (Å²) in [7, 11) is -3.96. The fourth-order valence-electron chi connectivity index (χ4n) is 2.67. The smallest absolute Gasteiger partial charge is 0.271 e. The van der Waals surface area contributed by atoms with Crippen molar-refractivity contribution in [1.29, 1.82) is 0 Å². The molecule has 7 nitrogen and oxygen atoms in total. The topological polar surface area (TPSA) is 102 Å². The minimum absolute atomic E-state index is 0.0979. The van der Waals surface area contributed by atoms with Crippen molar-refractivity contribution in [2.24, 2.45) is 0 Å². The number of rotatable bonds is 7. The maximum absolute atomic E-state index is 12.8. The van der Waals surface area contributed by atoms with E-state index < -0.39 is 14.9 Å². The SMILES string of the molecule is Cc1cc([N+](=O)[O-])cc(S(=O)(=O)Nc2ccc(SCc3cccnc3)cc2)c1C. The molecule has 2 aromatic carbocycles. The van der Waals surface area contributed by atoms with Crippen molar-refractivity contribution < 1.29 is 13.3 Å². The van der Waals surface area contributed by atoms with Gasteiger partial charge in [-0.15, -0.1) is 11.8 Å². The lowest BCUT2D eigenvalue weighted by atomic mass is 10.1. The third kappa shape index (κ3) is 5.12. The van der Waals surface area contributed by atoms with Crippen LogP contribution < -0.4 is 4.72 Å². The van der Waals surface area contributed by atoms with E-state index in [2.05, 4.69) is 9.71 Å². The normalized spacial score (nSPS) is 11.2. The second-order valence-electron chi connectivity index (χ2n) is 6.42. The third-order valence-electron chi connectivity index (χ3n) is 4.34. The van der Waals surface area contributed by atoms with E-state index in [0.717, 1.165) is 22.3 Å². The summed E-state index contributed by atoms with van der Waals surface area (Å²) in [6.07, 6.45) is 3.53. The molecule has 0 fully saturated rings. The standard InChI is InChI=1S/C20H19N3O4S2/c1-14-10-18(23(24)25)11-20(15(14)2)29(26,27)22-17-5-7-19(8-6-17)28-13-16-4-3-9-21-12-16/h3-12,22H,13H2,1-2H3. The Hall–Kier alpha value is -2.91. The largest absolute Gasteiger partial charge is 0.280 e. The molecule has 0 radical (unpaired) electrons. The first-order valence-electron chi connectivity index (χ1n) is 8.66. The Kier molecular flexibility index (Phi) is 6.19. The second kappa shape index (κ2) is 8.62. The van der Waals surface area contributed by atoms with E-state index >= 15 is 0 Å². The highest BCUT2D eigenvalue weighted by molar-refractivity contribution is 7.98. The number of thioether (sulfide) groups is 1. The summed E-state index contributed by atoms with van der Waals surface area (Å²) in [6, 6.07) is 13.3. The molecule has 1 N–H and O–H groups in total. The molecule has 0 amide bonds. The van der Waals surface area contributed by atoms with E-state index in [4.69, 9.17) is 0 Å². The van der Waals surface area contributed by atoms with Gasteiger partial charge in [-0.05, 0) is 60.9 Å². The van der Waals surface area contributed by atoms with Crippen molar-refractivity contribution in [1.82, 2.24) is 4.98 Å². The van der Waals surface area contributed by atoms with Crippen LogP contribution in [0.1, 0.15) is 16.7 Å². The molecule has 29 heavy (non-hydrogen) atoms. The predicted octanol–water partition coefficient (Wildman–Crippen LogP) is 4.70. The van der Waals surface area contributed by atoms with Crippen LogP contribution >= 0.6 is 11.8 Å². The molecule has 0 aliphatic rings. The van der Waals surface area contributed by atoms with Crippen molar-refractivity contribution in [3.05, 3.63) is 87.7 Å². The zero-order valence-corrected chi connectivity index (χ0v) is 17.5. The van der Waals surface area contributed by atoms with Crippen LogP contribution in [0.15, 0.2) is 70.7 Å². The van der Waals surface area contributed by atoms with Gasteiger partial charge >= 0.3 is 0 Å². The Bertz CT molecular complexity index is 1130. The lowest BCUT2D eigenvalue weighted by molar-refractivity contribution is -0.385. The van der Waals surface area contributed by atoms with Crippen molar-refractivity contribution in [3.63, 3.8) is 0 Å². The highest BCUT2D eigenvalue weighted by atomic mass is 32.2. The highest BCUT2D eigenvalue weighted by Gasteiger charge is 2.22. The van der Waals surface area contributed by atoms with E-state index in [1.165, 1.54) is 6.07 Å². The fraction of sp³-hybridized carbons (Fsp3) is 0.150. The van der Waals surface area contributed by atoms with Gasteiger partial charge < -0.3 is 0 Å². The molecule has 0 aliphatic carbocycles. The van der Waals surface area contributed by atoms with Gasteiger partial charge in [0, 0.05) is 40.9 Å². The number of hydrogen-bond donors (Lipinski definition) is 1. The van der Waals surface area contributed by atoms with Crippen LogP contribution in [0.3, 0.4) is 0 Å². The average Bonchev–Trinajstić information content (AvgIpc) is 2.69. The minimum atomic E-state index is -3.96. The van der Waals surface area contributed by atoms with Gasteiger partial charge in [0.05, 0.1) is 9.82 Å². The Morgan fingerprint density at radius 1 is 1.14 bits per heavy atom. The van der Waals surface area contributed by atoms with Crippen LogP contribution in [0.4, 0.5) is 11.4 Å². The minimum Gasteiger partial charge on any atom is -0.280 e. The number of hydrogen-bond acceptors (Lipinski definition) is 6.